The number of nitrogens with zero attached hydrogens (tertiary/aromatic N) is 6. The minimum absolute atomic E-state index is 0. The minimum Gasteiger partial charge on any atom is -0.696 e. The molecule has 0 amide bonds. The number of pyridine rings is 4. The second-order valence-electron chi connectivity index (χ2n) is 8.60. The van der Waals surface area contributed by atoms with Crippen LogP contribution in [0.2, 0.25) is 0 Å². The zero-order chi connectivity index (χ0) is 31.5. The van der Waals surface area contributed by atoms with Crippen LogP contribution in [0.4, 0.5) is 0 Å². The van der Waals surface area contributed by atoms with Crippen LogP contribution in [0.1, 0.15) is 75.6 Å². The summed E-state index contributed by atoms with van der Waals surface area (Å²) >= 11 is 7.40. The van der Waals surface area contributed by atoms with Crippen molar-refractivity contribution < 1.29 is 16.8 Å². The van der Waals surface area contributed by atoms with E-state index >= 15 is 0 Å². The van der Waals surface area contributed by atoms with Gasteiger partial charge in [-0.3, -0.25) is 19.9 Å². The molecule has 231 valence electrons. The third-order valence-electron chi connectivity index (χ3n) is 5.15. The Kier molecular flexibility index (Phi) is 37.4. The van der Waals surface area contributed by atoms with E-state index in [1.165, 1.54) is 84.4 Å². The molecule has 0 aromatic carbocycles. The van der Waals surface area contributed by atoms with Crippen molar-refractivity contribution in [3.63, 3.8) is 0 Å². The standard InChI is InChI=1S/4C8H11N.2CHNS.Co/c4*1-2-3-8-4-6-9-7-5-8;2*2-1-3;/h4*4-7H,2-3H2,1H3;2*3H;/q;;;;;;+2/p-2. The van der Waals surface area contributed by atoms with Gasteiger partial charge in [0.15, 0.2) is 0 Å². The van der Waals surface area contributed by atoms with Crippen molar-refractivity contribution in [3.8, 4) is 10.8 Å². The van der Waals surface area contributed by atoms with E-state index in [0.717, 1.165) is 0 Å². The first-order chi connectivity index (χ1) is 20.6. The van der Waals surface area contributed by atoms with Crippen molar-refractivity contribution in [3.05, 3.63) is 120 Å². The molecule has 0 atom stereocenters. The summed E-state index contributed by atoms with van der Waals surface area (Å²) in [6.45, 7) is 8.72. The molecule has 0 N–H and O–H groups in total. The van der Waals surface area contributed by atoms with Crippen molar-refractivity contribution in [2.75, 3.05) is 0 Å². The van der Waals surface area contributed by atoms with Crippen molar-refractivity contribution in [1.29, 1.82) is 10.5 Å². The van der Waals surface area contributed by atoms with E-state index in [1.807, 2.05) is 49.6 Å². The van der Waals surface area contributed by atoms with Gasteiger partial charge in [0.1, 0.15) is 0 Å². The minimum atomic E-state index is 0. The number of nitriles is 2. The molecule has 0 unspecified atom stereocenters. The summed E-state index contributed by atoms with van der Waals surface area (Å²) in [6, 6.07) is 16.5. The molecule has 0 spiro atoms. The summed E-state index contributed by atoms with van der Waals surface area (Å²) in [5.74, 6) is 0. The van der Waals surface area contributed by atoms with Gasteiger partial charge >= 0.3 is 16.8 Å². The van der Waals surface area contributed by atoms with Crippen LogP contribution in [0.15, 0.2) is 98.1 Å². The number of thiocyanates is 2. The van der Waals surface area contributed by atoms with E-state index in [1.54, 1.807) is 0 Å². The van der Waals surface area contributed by atoms with Gasteiger partial charge in [-0.2, -0.15) is 0 Å². The van der Waals surface area contributed by atoms with Crippen molar-refractivity contribution in [2.45, 2.75) is 79.1 Å². The maximum absolute atomic E-state index is 7.13. The molecule has 6 nitrogen and oxygen atoms in total. The summed E-state index contributed by atoms with van der Waals surface area (Å²) in [7, 11) is 0. The Hall–Kier alpha value is -3.47. The van der Waals surface area contributed by atoms with Gasteiger partial charge in [0.05, 0.1) is 0 Å². The summed E-state index contributed by atoms with van der Waals surface area (Å²) in [5.41, 5.74) is 5.53. The Morgan fingerprint density at radius 2 is 0.581 bits per heavy atom. The normalized spacial score (nSPS) is 8.23. The molecule has 0 aliphatic heterocycles. The fourth-order valence-electron chi connectivity index (χ4n) is 3.35. The third kappa shape index (κ3) is 31.3. The first-order valence-corrected chi connectivity index (χ1v) is 15.0. The van der Waals surface area contributed by atoms with Crippen LogP contribution in [0.5, 0.6) is 0 Å². The summed E-state index contributed by atoms with van der Waals surface area (Å²) in [6.07, 6.45) is 24.2. The van der Waals surface area contributed by atoms with Gasteiger partial charge in [-0.1, -0.05) is 64.2 Å². The van der Waals surface area contributed by atoms with Crippen molar-refractivity contribution in [1.82, 2.24) is 19.9 Å². The molecule has 4 heterocycles. The van der Waals surface area contributed by atoms with E-state index in [0.29, 0.717) is 0 Å². The zero-order valence-corrected chi connectivity index (χ0v) is 28.4. The maximum Gasteiger partial charge on any atom is 2.00 e. The molecule has 43 heavy (non-hydrogen) atoms. The van der Waals surface area contributed by atoms with Crippen LogP contribution in [-0.2, 0) is 67.7 Å². The van der Waals surface area contributed by atoms with Crippen molar-refractivity contribution >= 4 is 25.3 Å². The maximum atomic E-state index is 7.13. The predicted octanol–water partition coefficient (Wildman–Crippen LogP) is 8.16. The van der Waals surface area contributed by atoms with Crippen LogP contribution in [0.3, 0.4) is 0 Å². The molecule has 0 saturated carbocycles. The van der Waals surface area contributed by atoms with Crippen LogP contribution >= 0.6 is 0 Å². The molecule has 0 fully saturated rings. The second-order valence-corrected chi connectivity index (χ2v) is 8.97. The molecule has 0 aliphatic rings. The molecular formula is C34H44CoN6S2. The number of rotatable bonds is 8. The van der Waals surface area contributed by atoms with Gasteiger partial charge in [-0.25, -0.2) is 10.5 Å². The Bertz CT molecular complexity index is 980. The van der Waals surface area contributed by atoms with Gasteiger partial charge in [-0.15, -0.1) is 0 Å². The third-order valence-corrected chi connectivity index (χ3v) is 5.15. The van der Waals surface area contributed by atoms with E-state index in [2.05, 4.69) is 121 Å². The molecule has 9 heteroatoms. The molecule has 4 aromatic rings. The summed E-state index contributed by atoms with van der Waals surface area (Å²) in [5, 5.41) is 16.9. The Labute approximate surface area is 281 Å². The zero-order valence-electron chi connectivity index (χ0n) is 25.7. The molecule has 4 rings (SSSR count). The second kappa shape index (κ2) is 36.6. The quantitative estimate of drug-likeness (QED) is 0.138. The van der Waals surface area contributed by atoms with Gasteiger partial charge in [0, 0.05) is 49.6 Å². The van der Waals surface area contributed by atoms with Gasteiger partial charge in [-0.05, 0) is 96.5 Å². The summed E-state index contributed by atoms with van der Waals surface area (Å²) in [4.78, 5) is 15.7. The molecule has 0 bridgehead atoms. The van der Waals surface area contributed by atoms with Crippen molar-refractivity contribution in [2.24, 2.45) is 0 Å². The van der Waals surface area contributed by atoms with Crippen LogP contribution in [0, 0.1) is 21.3 Å². The molecule has 0 aliphatic carbocycles. The number of hydrogen-bond donors (Lipinski definition) is 0. The smallest absolute Gasteiger partial charge is 0.696 e. The Morgan fingerprint density at radius 1 is 0.442 bits per heavy atom. The van der Waals surface area contributed by atoms with Gasteiger partial charge in [0.25, 0.3) is 0 Å². The van der Waals surface area contributed by atoms with E-state index in [9.17, 15) is 0 Å². The van der Waals surface area contributed by atoms with Crippen LogP contribution in [0.25, 0.3) is 0 Å². The Balaban J connectivity index is -0.000000464. The molecule has 4 aromatic heterocycles. The summed E-state index contributed by atoms with van der Waals surface area (Å²) < 4.78 is 0. The predicted molar refractivity (Wildman–Crippen MR) is 179 cm³/mol. The van der Waals surface area contributed by atoms with Crippen LogP contribution in [-0.4, -0.2) is 19.9 Å². The monoisotopic (exact) mass is 659 g/mol. The Morgan fingerprint density at radius 3 is 0.698 bits per heavy atom. The molecule has 0 saturated heterocycles. The number of aromatic nitrogens is 4. The van der Waals surface area contributed by atoms with Crippen LogP contribution < -0.4 is 0 Å². The fourth-order valence-corrected chi connectivity index (χ4v) is 3.35. The largest absolute Gasteiger partial charge is 2.00 e. The van der Waals surface area contributed by atoms with Gasteiger partial charge in [0.2, 0.25) is 0 Å². The average molecular weight is 660 g/mol. The van der Waals surface area contributed by atoms with E-state index < -0.39 is 0 Å². The van der Waals surface area contributed by atoms with Gasteiger partial charge < -0.3 is 25.3 Å². The molecule has 1 radical (unpaired) electrons. The number of hydrogen-bond acceptors (Lipinski definition) is 8. The van der Waals surface area contributed by atoms with E-state index in [4.69, 9.17) is 10.5 Å². The average Bonchev–Trinajstić information content (AvgIpc) is 3.02. The fraction of sp³-hybridized carbons (Fsp3) is 0.353. The topological polar surface area (TPSA) is 99.1 Å². The van der Waals surface area contributed by atoms with E-state index in [-0.39, 0.29) is 16.8 Å². The SMILES string of the molecule is CCCc1ccncc1.CCCc1ccncc1.CCCc1ccncc1.CCCc1ccncc1.N#C[S-].N#C[S-].[Co+2]. The first kappa shape index (κ1) is 44.0. The number of aryl methyl sites for hydroxylation is 4. The first-order valence-electron chi connectivity index (χ1n) is 14.1. The molecular weight excluding hydrogens is 615 g/mol.